The summed E-state index contributed by atoms with van der Waals surface area (Å²) in [7, 11) is 0. The molecule has 0 N–H and O–H groups in total. The van der Waals surface area contributed by atoms with Gasteiger partial charge in [-0.1, -0.05) is 55.8 Å². The van der Waals surface area contributed by atoms with Crippen molar-refractivity contribution in [2.45, 2.75) is 26.7 Å². The molecule has 0 aromatic heterocycles. The Bertz CT molecular complexity index is 344. The highest BCUT2D eigenvalue weighted by molar-refractivity contribution is 6.30. The van der Waals surface area contributed by atoms with Crippen LogP contribution in [0.3, 0.4) is 0 Å². The second-order valence-electron chi connectivity index (χ2n) is 3.17. The van der Waals surface area contributed by atoms with Gasteiger partial charge in [-0.15, -0.1) is 0 Å². The van der Waals surface area contributed by atoms with Crippen LogP contribution in [0.1, 0.15) is 32.3 Å². The molecule has 15 heavy (non-hydrogen) atoms. The molecule has 0 saturated carbocycles. The van der Waals surface area contributed by atoms with Crippen molar-refractivity contribution in [1.29, 1.82) is 0 Å². The van der Waals surface area contributed by atoms with E-state index in [4.69, 9.17) is 11.6 Å². The second kappa shape index (κ2) is 6.47. The van der Waals surface area contributed by atoms with Gasteiger partial charge >= 0.3 is 0 Å². The van der Waals surface area contributed by atoms with Crippen LogP contribution in [-0.4, -0.2) is 0 Å². The maximum absolute atomic E-state index is 5.82. The Hall–Kier alpha value is -1.01. The fraction of sp³-hybridized carbons (Fsp3) is 0.286. The third kappa shape index (κ3) is 3.56. The van der Waals surface area contributed by atoms with Crippen molar-refractivity contribution in [3.63, 3.8) is 0 Å². The Morgan fingerprint density at radius 1 is 1.07 bits per heavy atom. The molecule has 0 unspecified atom stereocenters. The molecular weight excluding hydrogens is 204 g/mol. The summed E-state index contributed by atoms with van der Waals surface area (Å²) in [4.78, 5) is 0. The molecule has 1 aromatic carbocycles. The Morgan fingerprint density at radius 3 is 2.27 bits per heavy atom. The monoisotopic (exact) mass is 220 g/mol. The van der Waals surface area contributed by atoms with Crippen molar-refractivity contribution < 1.29 is 0 Å². The van der Waals surface area contributed by atoms with E-state index in [1.165, 1.54) is 11.1 Å². The number of hydrogen-bond donors (Lipinski definition) is 0. The average Bonchev–Trinajstić information content (AvgIpc) is 2.34. The van der Waals surface area contributed by atoms with Gasteiger partial charge in [-0.05, 0) is 36.1 Å². The standard InChI is InChI=1S/C12H11Cl.C2H6/c13-12-8-6-11(7-9-12)10-4-2-1-3-5-10;1-2/h1-2,4,6-9H,3,5H2;1-2H3. The van der Waals surface area contributed by atoms with Crippen molar-refractivity contribution in [3.05, 3.63) is 53.1 Å². The second-order valence-corrected chi connectivity index (χ2v) is 3.60. The van der Waals surface area contributed by atoms with E-state index in [-0.39, 0.29) is 0 Å². The summed E-state index contributed by atoms with van der Waals surface area (Å²) in [6, 6.07) is 8.03. The molecule has 0 amide bonds. The summed E-state index contributed by atoms with van der Waals surface area (Å²) in [5.74, 6) is 0. The molecule has 0 nitrogen and oxygen atoms in total. The van der Waals surface area contributed by atoms with Gasteiger partial charge in [0.2, 0.25) is 0 Å². The summed E-state index contributed by atoms with van der Waals surface area (Å²) in [5.41, 5.74) is 2.69. The van der Waals surface area contributed by atoms with E-state index in [0.29, 0.717) is 0 Å². The number of halogens is 1. The molecule has 1 heteroatoms. The van der Waals surface area contributed by atoms with Gasteiger partial charge in [0.05, 0.1) is 0 Å². The third-order valence-corrected chi connectivity index (χ3v) is 2.48. The smallest absolute Gasteiger partial charge is 0.0406 e. The van der Waals surface area contributed by atoms with Gasteiger partial charge < -0.3 is 0 Å². The lowest BCUT2D eigenvalue weighted by atomic mass is 9.98. The molecule has 0 spiro atoms. The first-order valence-corrected chi connectivity index (χ1v) is 5.86. The highest BCUT2D eigenvalue weighted by Gasteiger charge is 2.01. The summed E-state index contributed by atoms with van der Waals surface area (Å²) in [5, 5.41) is 0.802. The van der Waals surface area contributed by atoms with Gasteiger partial charge in [-0.3, -0.25) is 0 Å². The molecule has 0 radical (unpaired) electrons. The van der Waals surface area contributed by atoms with Crippen LogP contribution in [0.5, 0.6) is 0 Å². The van der Waals surface area contributed by atoms with Crippen LogP contribution in [-0.2, 0) is 0 Å². The van der Waals surface area contributed by atoms with E-state index in [1.54, 1.807) is 0 Å². The molecular formula is C14H17Cl. The van der Waals surface area contributed by atoms with Crippen molar-refractivity contribution in [2.24, 2.45) is 0 Å². The van der Waals surface area contributed by atoms with Crippen LogP contribution in [0.25, 0.3) is 5.57 Å². The van der Waals surface area contributed by atoms with Crippen LogP contribution in [0, 0.1) is 0 Å². The molecule has 0 heterocycles. The Labute approximate surface area is 97.3 Å². The Morgan fingerprint density at radius 2 is 1.73 bits per heavy atom. The first-order chi connectivity index (χ1) is 7.36. The van der Waals surface area contributed by atoms with Gasteiger partial charge in [0.15, 0.2) is 0 Å². The molecule has 1 aliphatic carbocycles. The highest BCUT2D eigenvalue weighted by Crippen LogP contribution is 2.24. The van der Waals surface area contributed by atoms with E-state index >= 15 is 0 Å². The van der Waals surface area contributed by atoms with E-state index in [2.05, 4.69) is 30.4 Å². The average molecular weight is 221 g/mol. The summed E-state index contributed by atoms with van der Waals surface area (Å²) >= 11 is 5.82. The summed E-state index contributed by atoms with van der Waals surface area (Å²) in [6.45, 7) is 4.00. The van der Waals surface area contributed by atoms with Crippen LogP contribution in [0.2, 0.25) is 5.02 Å². The molecule has 0 fully saturated rings. The molecule has 0 bridgehead atoms. The van der Waals surface area contributed by atoms with Crippen LogP contribution in [0.4, 0.5) is 0 Å². The predicted octanol–water partition coefficient (Wildman–Crippen LogP) is 5.10. The van der Waals surface area contributed by atoms with Crippen molar-refractivity contribution >= 4 is 17.2 Å². The largest absolute Gasteiger partial charge is 0.0843 e. The topological polar surface area (TPSA) is 0 Å². The fourth-order valence-electron chi connectivity index (χ4n) is 1.51. The lowest BCUT2D eigenvalue weighted by Crippen LogP contribution is -1.86. The number of hydrogen-bond acceptors (Lipinski definition) is 0. The quantitative estimate of drug-likeness (QED) is 0.618. The normalized spacial score (nSPS) is 13.9. The van der Waals surface area contributed by atoms with Crippen molar-refractivity contribution in [1.82, 2.24) is 0 Å². The maximum atomic E-state index is 5.82. The Kier molecular flexibility index (Phi) is 5.20. The van der Waals surface area contributed by atoms with Crippen molar-refractivity contribution in [3.8, 4) is 0 Å². The SMILES string of the molecule is CC.Clc1ccc(C2=CC=CCC2)cc1. The third-order valence-electron chi connectivity index (χ3n) is 2.23. The maximum Gasteiger partial charge on any atom is 0.0406 e. The van der Waals surface area contributed by atoms with E-state index in [9.17, 15) is 0 Å². The molecule has 1 aliphatic rings. The minimum atomic E-state index is 0.802. The molecule has 0 atom stereocenters. The first-order valence-electron chi connectivity index (χ1n) is 5.48. The zero-order valence-corrected chi connectivity index (χ0v) is 10.1. The highest BCUT2D eigenvalue weighted by atomic mass is 35.5. The number of allylic oxidation sites excluding steroid dienone is 4. The first kappa shape index (κ1) is 12.1. The minimum Gasteiger partial charge on any atom is -0.0843 e. The van der Waals surface area contributed by atoms with Gasteiger partial charge in [0, 0.05) is 5.02 Å². The van der Waals surface area contributed by atoms with Crippen LogP contribution >= 0.6 is 11.6 Å². The van der Waals surface area contributed by atoms with Gasteiger partial charge in [-0.25, -0.2) is 0 Å². The molecule has 1 aromatic rings. The predicted molar refractivity (Wildman–Crippen MR) is 69.2 cm³/mol. The molecule has 0 aliphatic heterocycles. The summed E-state index contributed by atoms with van der Waals surface area (Å²) < 4.78 is 0. The molecule has 2 rings (SSSR count). The number of rotatable bonds is 1. The lowest BCUT2D eigenvalue weighted by Gasteiger charge is -2.08. The molecule has 80 valence electrons. The minimum absolute atomic E-state index is 0.802. The van der Waals surface area contributed by atoms with E-state index in [0.717, 1.165) is 17.9 Å². The van der Waals surface area contributed by atoms with Gasteiger partial charge in [0.1, 0.15) is 0 Å². The van der Waals surface area contributed by atoms with E-state index in [1.807, 2.05) is 26.0 Å². The Balaban J connectivity index is 0.000000531. The fourth-order valence-corrected chi connectivity index (χ4v) is 1.63. The number of benzene rings is 1. The lowest BCUT2D eigenvalue weighted by molar-refractivity contribution is 1.05. The van der Waals surface area contributed by atoms with Crippen LogP contribution in [0.15, 0.2) is 42.5 Å². The van der Waals surface area contributed by atoms with Crippen LogP contribution < -0.4 is 0 Å². The van der Waals surface area contributed by atoms with Crippen molar-refractivity contribution in [2.75, 3.05) is 0 Å². The zero-order valence-electron chi connectivity index (χ0n) is 9.33. The van der Waals surface area contributed by atoms with Gasteiger partial charge in [-0.2, -0.15) is 0 Å². The zero-order chi connectivity index (χ0) is 11.1. The van der Waals surface area contributed by atoms with Gasteiger partial charge in [0.25, 0.3) is 0 Å². The molecule has 0 saturated heterocycles. The van der Waals surface area contributed by atoms with E-state index < -0.39 is 0 Å². The summed E-state index contributed by atoms with van der Waals surface area (Å²) in [6.07, 6.45) is 8.77.